The van der Waals surface area contributed by atoms with Gasteiger partial charge in [0.1, 0.15) is 53.8 Å². The van der Waals surface area contributed by atoms with Gasteiger partial charge in [0.25, 0.3) is 23.6 Å². The van der Waals surface area contributed by atoms with E-state index in [1.807, 2.05) is 9.80 Å². The average molecular weight is 2280 g/mol. The first-order chi connectivity index (χ1) is 70.6. The number of rotatable bonds is 28. The van der Waals surface area contributed by atoms with Crippen LogP contribution >= 0.6 is 46.4 Å². The number of piperidine rings is 2. The van der Waals surface area contributed by atoms with Crippen LogP contribution in [0.5, 0.6) is 46.0 Å². The fourth-order valence-corrected chi connectivity index (χ4v) is 24.1. The first-order valence-electron chi connectivity index (χ1n) is 45.3. The molecule has 8 N–H and O–H groups in total. The van der Waals surface area contributed by atoms with Crippen LogP contribution < -0.4 is 40.9 Å². The quantitative estimate of drug-likeness (QED) is 0.0129. The molecule has 59 heteroatoms. The molecular weight excluding hydrogens is 2180 g/mol. The lowest BCUT2D eigenvalue weighted by molar-refractivity contribution is -0.142. The molecular formula is C90H99Cl4F8N15O27S5. The number of hydrogen-bond donors (Lipinski definition) is 8. The normalized spacial score (nSPS) is 18.9. The Kier molecular flexibility index (Phi) is 40.5. The van der Waals surface area contributed by atoms with Gasteiger partial charge >= 0.3 is 6.09 Å². The zero-order valence-corrected chi connectivity index (χ0v) is 85.7. The van der Waals surface area contributed by atoms with E-state index in [-0.39, 0.29) is 107 Å². The van der Waals surface area contributed by atoms with Crippen molar-refractivity contribution >= 4 is 138 Å². The monoisotopic (exact) mass is 2270 g/mol. The first kappa shape index (κ1) is 117. The molecule has 7 saturated heterocycles. The third-order valence-corrected chi connectivity index (χ3v) is 34.0. The summed E-state index contributed by atoms with van der Waals surface area (Å²) in [5.41, 5.74) is 5.49. The van der Waals surface area contributed by atoms with Crippen molar-refractivity contribution < 1.29 is 160 Å². The summed E-state index contributed by atoms with van der Waals surface area (Å²) in [5, 5.41) is 38.2. The van der Waals surface area contributed by atoms with E-state index in [1.165, 1.54) is 135 Å². The number of likely N-dealkylation sites (tertiary alicyclic amines) is 2. The van der Waals surface area contributed by atoms with E-state index < -0.39 is 219 Å². The minimum Gasteiger partial charge on any atom is -0.451 e. The first-order valence-corrected chi connectivity index (χ1v) is 54.5. The Labute approximate surface area is 869 Å². The summed E-state index contributed by atoms with van der Waals surface area (Å²) >= 11 is 23.1. The van der Waals surface area contributed by atoms with Crippen LogP contribution in [-0.4, -0.2) is 343 Å². The van der Waals surface area contributed by atoms with Crippen molar-refractivity contribution in [1.82, 2.24) is 72.8 Å². The lowest BCUT2D eigenvalue weighted by Gasteiger charge is -2.40. The van der Waals surface area contributed by atoms with Crippen LogP contribution in [0, 0.1) is 46.5 Å². The number of carbonyl (C=O) groups is 7. The molecule has 0 radical (unpaired) electrons. The molecule has 8 aromatic rings. The van der Waals surface area contributed by atoms with E-state index in [2.05, 4.69) is 4.90 Å². The molecule has 7 heterocycles. The molecule has 7 amide bonds. The van der Waals surface area contributed by atoms with E-state index in [1.54, 1.807) is 0 Å². The van der Waals surface area contributed by atoms with Crippen molar-refractivity contribution in [3.8, 4) is 46.0 Å². The lowest BCUT2D eigenvalue weighted by atomic mass is 10.1. The SMILES string of the molecule is CS(=O)(=O)N1CCN(S(=O)(=O)c2cc(F)c(Oc3ccc(Cl)cc3)c(F)c2)[C@@H](C(=O)NO)C1.O=C(NO)[C@H]1CN(C(=O)CN2CCCCC2)CCN1S(=O)(=O)c1cc(F)c(Oc2ccc(Cl)cc2)c(F)c1.O=C(NO)[C@H]1CN(C(=O)CN2CCOCC2)CCN1S(=O)(=O)c1cc(F)c(Oc2ccc(Cl)cc2)c(F)c1.O=C(NO)[C@H]1CN(C(=O)OCCN2CCCCC2)CCN1S(=O)(=O)c1cc(F)c(Oc2ccc(Cl)cc2)c(F)c1. The van der Waals surface area contributed by atoms with Gasteiger partial charge in [0, 0.05) is 118 Å². The summed E-state index contributed by atoms with van der Waals surface area (Å²) in [7, 11) is -22.4. The van der Waals surface area contributed by atoms with E-state index in [0.717, 1.165) is 78.0 Å². The highest BCUT2D eigenvalue weighted by Crippen LogP contribution is 2.40. The zero-order valence-electron chi connectivity index (χ0n) is 78.6. The van der Waals surface area contributed by atoms with Crippen LogP contribution in [-0.2, 0) is 88.4 Å². The maximum atomic E-state index is 14.8. The second-order valence-electron chi connectivity index (χ2n) is 34.0. The molecule has 15 rings (SSSR count). The number of morpholine rings is 1. The number of nitrogens with one attached hydrogen (secondary N) is 4. The highest BCUT2D eigenvalue weighted by molar-refractivity contribution is 7.90. The summed E-state index contributed by atoms with van der Waals surface area (Å²) in [6.07, 6.45) is 6.49. The average Bonchev–Trinajstić information content (AvgIpc) is 0.770. The number of ether oxygens (including phenoxy) is 6. The van der Waals surface area contributed by atoms with Gasteiger partial charge < -0.3 is 43.1 Å². The van der Waals surface area contributed by atoms with Crippen molar-refractivity contribution in [2.45, 2.75) is 82.3 Å². The summed E-state index contributed by atoms with van der Waals surface area (Å²) < 4.78 is 283. The van der Waals surface area contributed by atoms with Crippen LogP contribution in [0.3, 0.4) is 0 Å². The number of benzene rings is 8. The van der Waals surface area contributed by atoms with Gasteiger partial charge in [-0.3, -0.25) is 64.3 Å². The van der Waals surface area contributed by atoms with Crippen LogP contribution in [0.2, 0.25) is 20.1 Å². The van der Waals surface area contributed by atoms with E-state index in [0.29, 0.717) is 114 Å². The molecule has 149 heavy (non-hydrogen) atoms. The van der Waals surface area contributed by atoms with E-state index >= 15 is 0 Å². The molecule has 0 spiro atoms. The number of halogens is 12. The number of hydrogen-bond acceptors (Lipinski definition) is 30. The zero-order chi connectivity index (χ0) is 108. The number of carbonyl (C=O) groups excluding carboxylic acids is 7. The molecule has 810 valence electrons. The van der Waals surface area contributed by atoms with Crippen LogP contribution in [0.1, 0.15) is 38.5 Å². The minimum atomic E-state index is -4.69. The van der Waals surface area contributed by atoms with Gasteiger partial charge in [-0.2, -0.15) is 21.5 Å². The van der Waals surface area contributed by atoms with Crippen molar-refractivity contribution in [1.29, 1.82) is 0 Å². The molecule has 7 aliphatic heterocycles. The minimum absolute atomic E-state index is 0.0379. The largest absolute Gasteiger partial charge is 0.451 e. The predicted molar refractivity (Wildman–Crippen MR) is 512 cm³/mol. The highest BCUT2D eigenvalue weighted by Gasteiger charge is 2.48. The Balaban J connectivity index is 0.000000177. The van der Waals surface area contributed by atoms with E-state index in [9.17, 15) is 126 Å². The molecule has 0 aromatic heterocycles. The Hall–Kier alpha value is -11.1. The van der Waals surface area contributed by atoms with Crippen molar-refractivity contribution in [2.24, 2.45) is 0 Å². The van der Waals surface area contributed by atoms with Gasteiger partial charge in [0.2, 0.25) is 61.9 Å². The molecule has 0 bridgehead atoms. The van der Waals surface area contributed by atoms with E-state index in [4.69, 9.17) is 80.0 Å². The van der Waals surface area contributed by atoms with Gasteiger partial charge in [-0.15, -0.1) is 0 Å². The fraction of sp³-hybridized carbons (Fsp3) is 0.389. The molecule has 8 aromatic carbocycles. The second kappa shape index (κ2) is 51.8. The topological polar surface area (TPSA) is 510 Å². The number of piperazine rings is 4. The van der Waals surface area contributed by atoms with Gasteiger partial charge in [0.05, 0.1) is 52.1 Å². The number of sulfonamides is 5. The maximum absolute atomic E-state index is 14.8. The summed E-state index contributed by atoms with van der Waals surface area (Å²) in [6.45, 7) is 2.42. The van der Waals surface area contributed by atoms with Crippen molar-refractivity contribution in [2.75, 3.05) is 164 Å². The van der Waals surface area contributed by atoms with Gasteiger partial charge in [-0.25, -0.2) is 104 Å². The standard InChI is InChI=1S/C25H29ClF2N4O7S.C24H27ClF2N4O6S.C23H25ClF2N4O7S.C18H18ClF2N3O7S2/c26-17-4-6-18(7-5-17)39-23-20(27)14-19(15-21(23)28)40(36,37)32-11-10-31(16-22(32)24(33)29-35)25(34)38-13-12-30-8-2-1-3-9-30;25-16-4-6-17(7-5-16)37-23-19(26)12-18(13-20(23)27)38(35,36)31-11-10-30(14-21(31)24(33)28-34)22(32)15-29-8-2-1-3-9-29;24-15-1-3-16(4-2-15)37-22-18(25)11-17(12-19(22)26)38(34,35)30-6-5-29(13-20(30)23(32)27-33)21(31)14-28-7-9-36-10-8-28;1-32(27,28)23-6-7-24(16(10-23)18(25)22-26)33(29,30)13-8-14(20)17(15(21)9-13)31-12-4-2-11(19)3-5-12/h4-7,14-15,22,35H,1-3,8-13,16H2,(H,29,33);4-7,12-13,21,34H,1-3,8-11,14-15H2,(H,28,33);1-4,11-12,20,33H,5-10,13-14H2,(H,27,32);2-5,8-9,16,26H,6-7,10H2,1H3,(H,22,25)/t22-;21-;20-;16-/m1111/s1. The Morgan fingerprint density at radius 1 is 0.336 bits per heavy atom. The summed E-state index contributed by atoms with van der Waals surface area (Å²) in [4.78, 5) is 94.4. The Bertz CT molecular complexity index is 6500. The number of hydroxylamine groups is 4. The predicted octanol–water partition coefficient (Wildman–Crippen LogP) is 8.82. The lowest BCUT2D eigenvalue weighted by Crippen LogP contribution is -2.62. The summed E-state index contributed by atoms with van der Waals surface area (Å²) in [5.74, 6) is -18.6. The highest BCUT2D eigenvalue weighted by atomic mass is 35.5. The van der Waals surface area contributed by atoms with Crippen LogP contribution in [0.4, 0.5) is 39.9 Å². The van der Waals surface area contributed by atoms with Gasteiger partial charge in [0.15, 0.2) is 69.5 Å². The molecule has 7 fully saturated rings. The van der Waals surface area contributed by atoms with Crippen molar-refractivity contribution in [3.05, 3.63) is 212 Å². The Morgan fingerprint density at radius 2 is 0.584 bits per heavy atom. The molecule has 42 nitrogen and oxygen atoms in total. The third kappa shape index (κ3) is 29.8. The van der Waals surface area contributed by atoms with Crippen molar-refractivity contribution in [3.63, 3.8) is 0 Å². The number of nitrogens with zero attached hydrogens (tertiary/aromatic N) is 11. The molecule has 4 atom stereocenters. The van der Waals surface area contributed by atoms with Crippen LogP contribution in [0.25, 0.3) is 0 Å². The maximum Gasteiger partial charge on any atom is 0.409 e. The van der Waals surface area contributed by atoms with Gasteiger partial charge in [-0.05, 0) is 197 Å². The smallest absolute Gasteiger partial charge is 0.409 e. The third-order valence-electron chi connectivity index (χ3n) is 24.2. The fourth-order valence-electron chi connectivity index (χ4n) is 16.4. The molecule has 7 aliphatic rings. The van der Waals surface area contributed by atoms with Crippen LogP contribution in [0.15, 0.2) is 165 Å². The molecule has 0 aliphatic carbocycles. The van der Waals surface area contributed by atoms with Gasteiger partial charge in [-0.1, -0.05) is 59.2 Å². The summed E-state index contributed by atoms with van der Waals surface area (Å²) in [6, 6.07) is 20.7. The molecule has 0 unspecified atom stereocenters. The molecule has 0 saturated carbocycles. The second-order valence-corrected chi connectivity index (χ2v) is 45.3. The Morgan fingerprint density at radius 3 is 0.859 bits per heavy atom. The number of amides is 7.